The van der Waals surface area contributed by atoms with Crippen molar-refractivity contribution in [2.75, 3.05) is 0 Å². The molecule has 2 rings (SSSR count). The molecule has 0 unspecified atom stereocenters. The van der Waals surface area contributed by atoms with E-state index in [0.717, 1.165) is 11.1 Å². The van der Waals surface area contributed by atoms with Gasteiger partial charge < -0.3 is 10.4 Å². The number of hydrogen-bond acceptors (Lipinski definition) is 2. The zero-order valence-corrected chi connectivity index (χ0v) is 10.6. The molecule has 1 heterocycles. The summed E-state index contributed by atoms with van der Waals surface area (Å²) in [6, 6.07) is 12.0. The molecule has 0 saturated carbocycles. The van der Waals surface area contributed by atoms with E-state index in [9.17, 15) is 9.18 Å². The fourth-order valence-electron chi connectivity index (χ4n) is 1.62. The molecule has 0 bridgehead atoms. The van der Waals surface area contributed by atoms with E-state index in [-0.39, 0.29) is 6.54 Å². The van der Waals surface area contributed by atoms with Crippen molar-refractivity contribution >= 4 is 18.2 Å². The van der Waals surface area contributed by atoms with Gasteiger partial charge in [-0.05, 0) is 29.3 Å². The van der Waals surface area contributed by atoms with Crippen molar-refractivity contribution in [2.24, 2.45) is 0 Å². The van der Waals surface area contributed by atoms with E-state index in [0.29, 0.717) is 5.69 Å². The van der Waals surface area contributed by atoms with E-state index < -0.39 is 12.0 Å². The van der Waals surface area contributed by atoms with Crippen LogP contribution in [-0.2, 0) is 6.54 Å². The van der Waals surface area contributed by atoms with Crippen LogP contribution in [0.3, 0.4) is 0 Å². The van der Waals surface area contributed by atoms with Crippen molar-refractivity contribution in [1.82, 2.24) is 10.3 Å². The van der Waals surface area contributed by atoms with Gasteiger partial charge in [0.15, 0.2) is 0 Å². The van der Waals surface area contributed by atoms with Gasteiger partial charge in [0, 0.05) is 6.54 Å². The van der Waals surface area contributed by atoms with Gasteiger partial charge in [0.25, 0.3) is 0 Å². The lowest BCUT2D eigenvalue weighted by molar-refractivity contribution is 0.194. The second-order valence-corrected chi connectivity index (χ2v) is 4.12. The SMILES string of the molecule is O=C(O)NCc1ccc(/C=C/c2cccc(F)n2)cc1. The Labute approximate surface area is 115 Å². The van der Waals surface area contributed by atoms with Crippen LogP contribution in [0.15, 0.2) is 42.5 Å². The quantitative estimate of drug-likeness (QED) is 0.840. The van der Waals surface area contributed by atoms with E-state index in [4.69, 9.17) is 5.11 Å². The molecule has 4 nitrogen and oxygen atoms in total. The van der Waals surface area contributed by atoms with Crippen molar-refractivity contribution in [1.29, 1.82) is 0 Å². The van der Waals surface area contributed by atoms with Gasteiger partial charge in [-0.25, -0.2) is 9.78 Å². The molecule has 5 heteroatoms. The zero-order chi connectivity index (χ0) is 14.4. The molecule has 0 aliphatic carbocycles. The normalized spacial score (nSPS) is 10.7. The second-order valence-electron chi connectivity index (χ2n) is 4.12. The van der Waals surface area contributed by atoms with Crippen LogP contribution in [0.2, 0.25) is 0 Å². The number of carboxylic acid groups (broad SMARTS) is 1. The van der Waals surface area contributed by atoms with Crippen molar-refractivity contribution < 1.29 is 14.3 Å². The Balaban J connectivity index is 2.01. The monoisotopic (exact) mass is 272 g/mol. The summed E-state index contributed by atoms with van der Waals surface area (Å²) in [5, 5.41) is 10.8. The summed E-state index contributed by atoms with van der Waals surface area (Å²) >= 11 is 0. The highest BCUT2D eigenvalue weighted by Crippen LogP contribution is 2.09. The first-order chi connectivity index (χ1) is 9.63. The number of benzene rings is 1. The number of halogens is 1. The molecular formula is C15H13FN2O2. The van der Waals surface area contributed by atoms with E-state index >= 15 is 0 Å². The highest BCUT2D eigenvalue weighted by Gasteiger charge is 1.96. The van der Waals surface area contributed by atoms with Crippen molar-refractivity contribution in [3.05, 3.63) is 65.2 Å². The Kier molecular flexibility index (Phi) is 4.44. The van der Waals surface area contributed by atoms with Gasteiger partial charge in [0.1, 0.15) is 0 Å². The minimum Gasteiger partial charge on any atom is -0.465 e. The van der Waals surface area contributed by atoms with Crippen molar-refractivity contribution in [3.63, 3.8) is 0 Å². The van der Waals surface area contributed by atoms with Crippen molar-refractivity contribution in [3.8, 4) is 0 Å². The molecule has 20 heavy (non-hydrogen) atoms. The number of nitrogens with one attached hydrogen (secondary N) is 1. The molecule has 102 valence electrons. The number of nitrogens with zero attached hydrogens (tertiary/aromatic N) is 1. The average Bonchev–Trinajstić information content (AvgIpc) is 2.44. The van der Waals surface area contributed by atoms with Crippen LogP contribution in [0.4, 0.5) is 9.18 Å². The van der Waals surface area contributed by atoms with Crippen LogP contribution in [0.5, 0.6) is 0 Å². The van der Waals surface area contributed by atoms with Crippen LogP contribution in [0.1, 0.15) is 16.8 Å². The number of rotatable bonds is 4. The zero-order valence-electron chi connectivity index (χ0n) is 10.6. The molecular weight excluding hydrogens is 259 g/mol. The van der Waals surface area contributed by atoms with E-state index in [1.807, 2.05) is 30.3 Å². The topological polar surface area (TPSA) is 62.2 Å². The van der Waals surface area contributed by atoms with Gasteiger partial charge in [-0.15, -0.1) is 0 Å². The Morgan fingerprint density at radius 2 is 1.95 bits per heavy atom. The molecule has 0 saturated heterocycles. The summed E-state index contributed by atoms with van der Waals surface area (Å²) in [7, 11) is 0. The Morgan fingerprint density at radius 1 is 1.20 bits per heavy atom. The van der Waals surface area contributed by atoms with Crippen LogP contribution >= 0.6 is 0 Å². The third-order valence-electron chi connectivity index (χ3n) is 2.61. The molecule has 0 aliphatic rings. The van der Waals surface area contributed by atoms with Crippen LogP contribution in [0.25, 0.3) is 12.2 Å². The lowest BCUT2D eigenvalue weighted by Gasteiger charge is -2.01. The Hall–Kier alpha value is -2.69. The molecule has 0 radical (unpaired) electrons. The molecule has 2 aromatic rings. The smallest absolute Gasteiger partial charge is 0.404 e. The number of amides is 1. The first kappa shape index (κ1) is 13.7. The minimum absolute atomic E-state index is 0.269. The summed E-state index contributed by atoms with van der Waals surface area (Å²) in [5.41, 5.74) is 2.34. The standard InChI is InChI=1S/C15H13FN2O2/c16-14-3-1-2-13(18-14)9-8-11-4-6-12(7-5-11)10-17-15(19)20/h1-9,17H,10H2,(H,19,20)/b9-8+. The molecule has 1 aromatic carbocycles. The highest BCUT2D eigenvalue weighted by atomic mass is 19.1. The minimum atomic E-state index is -1.05. The number of hydrogen-bond donors (Lipinski definition) is 2. The third kappa shape index (κ3) is 4.20. The van der Waals surface area contributed by atoms with Crippen molar-refractivity contribution in [2.45, 2.75) is 6.54 Å². The molecule has 2 N–H and O–H groups in total. The largest absolute Gasteiger partial charge is 0.465 e. The summed E-state index contributed by atoms with van der Waals surface area (Å²) in [4.78, 5) is 14.1. The van der Waals surface area contributed by atoms with Crippen LogP contribution in [-0.4, -0.2) is 16.2 Å². The molecule has 0 fully saturated rings. The fourth-order valence-corrected chi connectivity index (χ4v) is 1.62. The number of carbonyl (C=O) groups is 1. The molecule has 1 amide bonds. The van der Waals surface area contributed by atoms with Crippen LogP contribution < -0.4 is 5.32 Å². The van der Waals surface area contributed by atoms with E-state index in [1.165, 1.54) is 6.07 Å². The predicted molar refractivity (Wildman–Crippen MR) is 74.4 cm³/mol. The maximum absolute atomic E-state index is 12.9. The Bertz CT molecular complexity index is 624. The predicted octanol–water partition coefficient (Wildman–Crippen LogP) is 3.16. The lowest BCUT2D eigenvalue weighted by Crippen LogP contribution is -2.19. The first-order valence-electron chi connectivity index (χ1n) is 6.00. The fraction of sp³-hybridized carbons (Fsp3) is 0.0667. The van der Waals surface area contributed by atoms with Gasteiger partial charge in [-0.2, -0.15) is 4.39 Å². The summed E-state index contributed by atoms with van der Waals surface area (Å²) in [6.07, 6.45) is 2.48. The van der Waals surface area contributed by atoms with Gasteiger partial charge >= 0.3 is 6.09 Å². The summed E-state index contributed by atoms with van der Waals surface area (Å²) in [6.45, 7) is 0.269. The molecule has 0 atom stereocenters. The van der Waals surface area contributed by atoms with E-state index in [1.54, 1.807) is 18.2 Å². The first-order valence-corrected chi connectivity index (χ1v) is 6.00. The molecule has 0 spiro atoms. The summed E-state index contributed by atoms with van der Waals surface area (Å²) < 4.78 is 12.9. The maximum atomic E-state index is 12.9. The van der Waals surface area contributed by atoms with Gasteiger partial charge in [-0.3, -0.25) is 0 Å². The van der Waals surface area contributed by atoms with E-state index in [2.05, 4.69) is 10.3 Å². The maximum Gasteiger partial charge on any atom is 0.404 e. The van der Waals surface area contributed by atoms with Crippen LogP contribution in [0, 0.1) is 5.95 Å². The van der Waals surface area contributed by atoms with Gasteiger partial charge in [0.2, 0.25) is 5.95 Å². The lowest BCUT2D eigenvalue weighted by atomic mass is 10.1. The number of pyridine rings is 1. The van der Waals surface area contributed by atoms with Gasteiger partial charge in [0.05, 0.1) is 5.69 Å². The highest BCUT2D eigenvalue weighted by molar-refractivity contribution is 5.68. The molecule has 0 aliphatic heterocycles. The Morgan fingerprint density at radius 3 is 2.60 bits per heavy atom. The molecule has 1 aromatic heterocycles. The number of aromatic nitrogens is 1. The van der Waals surface area contributed by atoms with Gasteiger partial charge in [-0.1, -0.05) is 36.4 Å². The third-order valence-corrected chi connectivity index (χ3v) is 2.61. The summed E-state index contributed by atoms with van der Waals surface area (Å²) in [5.74, 6) is -0.512. The second kappa shape index (κ2) is 6.47. The average molecular weight is 272 g/mol.